The van der Waals surface area contributed by atoms with E-state index < -0.39 is 29.8 Å². The molecule has 3 rings (SSSR count). The highest BCUT2D eigenvalue weighted by Gasteiger charge is 2.44. The number of carbonyl (C=O) groups excluding carboxylic acids is 4. The number of amides is 2. The fourth-order valence-corrected chi connectivity index (χ4v) is 3.03. The fraction of sp³-hybridized carbons (Fsp3) is 0.300. The molecule has 8 nitrogen and oxygen atoms in total. The Bertz CT molecular complexity index is 909. The number of hydrogen-bond acceptors (Lipinski definition) is 7. The molecule has 0 aliphatic carbocycles. The molecular formula is C20H19NO7. The molecule has 28 heavy (non-hydrogen) atoms. The average molecular weight is 385 g/mol. The Labute approximate surface area is 161 Å². The zero-order chi connectivity index (χ0) is 20.4. The van der Waals surface area contributed by atoms with Crippen molar-refractivity contribution in [3.63, 3.8) is 0 Å². The lowest BCUT2D eigenvalue weighted by atomic mass is 10.0. The molecule has 0 radical (unpaired) electrons. The molecule has 1 aliphatic heterocycles. The number of rotatable bonds is 6. The number of ether oxygens (including phenoxy) is 2. The van der Waals surface area contributed by atoms with Crippen LogP contribution >= 0.6 is 0 Å². The largest absolute Gasteiger partial charge is 0.463 e. The highest BCUT2D eigenvalue weighted by molar-refractivity contribution is 6.22. The Kier molecular flexibility index (Phi) is 5.30. The van der Waals surface area contributed by atoms with Crippen LogP contribution in [-0.2, 0) is 20.9 Å². The van der Waals surface area contributed by atoms with Gasteiger partial charge in [-0.05, 0) is 30.2 Å². The summed E-state index contributed by atoms with van der Waals surface area (Å²) < 4.78 is 15.0. The van der Waals surface area contributed by atoms with Crippen LogP contribution in [0.4, 0.5) is 0 Å². The molecule has 2 aromatic rings. The van der Waals surface area contributed by atoms with E-state index in [1.54, 1.807) is 38.1 Å². The Morgan fingerprint density at radius 3 is 2.18 bits per heavy atom. The molecule has 1 atom stereocenters. The van der Waals surface area contributed by atoms with Gasteiger partial charge in [-0.3, -0.25) is 14.5 Å². The summed E-state index contributed by atoms with van der Waals surface area (Å²) >= 11 is 0. The van der Waals surface area contributed by atoms with E-state index in [0.717, 1.165) is 4.90 Å². The third kappa shape index (κ3) is 3.40. The van der Waals surface area contributed by atoms with Crippen molar-refractivity contribution in [3.8, 4) is 0 Å². The maximum Gasteiger partial charge on any atom is 0.373 e. The molecule has 0 fully saturated rings. The Morgan fingerprint density at radius 1 is 1.04 bits per heavy atom. The van der Waals surface area contributed by atoms with Gasteiger partial charge < -0.3 is 13.9 Å². The van der Waals surface area contributed by atoms with Gasteiger partial charge in [-0.15, -0.1) is 0 Å². The minimum Gasteiger partial charge on any atom is -0.463 e. The minimum atomic E-state index is -1.08. The number of benzene rings is 1. The van der Waals surface area contributed by atoms with Crippen LogP contribution < -0.4 is 0 Å². The van der Waals surface area contributed by atoms with Crippen molar-refractivity contribution in [2.45, 2.75) is 26.5 Å². The van der Waals surface area contributed by atoms with E-state index in [2.05, 4.69) is 4.74 Å². The van der Waals surface area contributed by atoms with Gasteiger partial charge in [-0.25, -0.2) is 9.59 Å². The van der Waals surface area contributed by atoms with E-state index in [1.807, 2.05) is 0 Å². The molecule has 8 heteroatoms. The second kappa shape index (κ2) is 7.67. The van der Waals surface area contributed by atoms with E-state index in [4.69, 9.17) is 9.15 Å². The number of imide groups is 1. The van der Waals surface area contributed by atoms with Gasteiger partial charge in [0.15, 0.2) is 0 Å². The molecule has 0 unspecified atom stereocenters. The van der Waals surface area contributed by atoms with Gasteiger partial charge in [0, 0.05) is 0 Å². The van der Waals surface area contributed by atoms with Gasteiger partial charge in [0.1, 0.15) is 18.4 Å². The van der Waals surface area contributed by atoms with Gasteiger partial charge in [0.05, 0.1) is 18.2 Å². The number of hydrogen-bond donors (Lipinski definition) is 0. The van der Waals surface area contributed by atoms with Crippen LogP contribution in [0, 0.1) is 5.92 Å². The number of esters is 2. The normalized spacial score (nSPS) is 14.2. The van der Waals surface area contributed by atoms with E-state index in [9.17, 15) is 19.2 Å². The van der Waals surface area contributed by atoms with E-state index >= 15 is 0 Å². The predicted molar refractivity (Wildman–Crippen MR) is 95.4 cm³/mol. The van der Waals surface area contributed by atoms with E-state index in [0.29, 0.717) is 0 Å². The van der Waals surface area contributed by atoms with Gasteiger partial charge in [0.2, 0.25) is 5.76 Å². The summed E-state index contributed by atoms with van der Waals surface area (Å²) in [6.07, 6.45) is 0. The number of carbonyl (C=O) groups is 4. The second-order valence-electron chi connectivity index (χ2n) is 6.58. The highest BCUT2D eigenvalue weighted by atomic mass is 16.6. The Morgan fingerprint density at radius 2 is 1.64 bits per heavy atom. The van der Waals surface area contributed by atoms with Crippen molar-refractivity contribution in [3.05, 3.63) is 59.0 Å². The van der Waals surface area contributed by atoms with Gasteiger partial charge in [0.25, 0.3) is 11.8 Å². The molecule has 2 amide bonds. The lowest BCUT2D eigenvalue weighted by molar-refractivity contribution is -0.151. The minimum absolute atomic E-state index is 0.0192. The second-order valence-corrected chi connectivity index (χ2v) is 6.58. The number of nitrogens with zero attached hydrogens (tertiary/aromatic N) is 1. The van der Waals surface area contributed by atoms with Crippen molar-refractivity contribution < 1.29 is 33.1 Å². The monoisotopic (exact) mass is 385 g/mol. The van der Waals surface area contributed by atoms with Crippen LogP contribution in [0.5, 0.6) is 0 Å². The van der Waals surface area contributed by atoms with E-state index in [-0.39, 0.29) is 35.2 Å². The third-order valence-electron chi connectivity index (χ3n) is 4.38. The molecule has 0 bridgehead atoms. The van der Waals surface area contributed by atoms with Crippen molar-refractivity contribution in [1.29, 1.82) is 0 Å². The molecule has 1 aromatic carbocycles. The lowest BCUT2D eigenvalue weighted by Crippen LogP contribution is -2.48. The van der Waals surface area contributed by atoms with E-state index in [1.165, 1.54) is 19.2 Å². The summed E-state index contributed by atoms with van der Waals surface area (Å²) in [5.41, 5.74) is 0.527. The predicted octanol–water partition coefficient (Wildman–Crippen LogP) is 2.43. The Hall–Kier alpha value is -3.42. The molecule has 1 aromatic heterocycles. The standard InChI is InChI=1S/C20H19NO7/c1-11(2)16(21-17(22)13-6-4-5-7-14(13)18(21)23)20(25)27-10-12-8-9-15(28-12)19(24)26-3/h4-9,11,16H,10H2,1-3H3/t16-/m0/s1. The average Bonchev–Trinajstić information content (AvgIpc) is 3.25. The summed E-state index contributed by atoms with van der Waals surface area (Å²) in [5, 5.41) is 0. The van der Waals surface area contributed by atoms with Crippen LogP contribution in [0.25, 0.3) is 0 Å². The molecule has 1 aliphatic rings. The third-order valence-corrected chi connectivity index (χ3v) is 4.38. The first kappa shape index (κ1) is 19.3. The summed E-state index contributed by atoms with van der Waals surface area (Å²) in [6, 6.07) is 8.22. The SMILES string of the molecule is COC(=O)c1ccc(COC(=O)[C@H](C(C)C)N2C(=O)c3ccccc3C2=O)o1. The first-order chi connectivity index (χ1) is 13.3. The van der Waals surface area contributed by atoms with Gasteiger partial charge in [-0.1, -0.05) is 26.0 Å². The highest BCUT2D eigenvalue weighted by Crippen LogP contribution is 2.28. The molecule has 0 saturated heterocycles. The van der Waals surface area contributed by atoms with Crippen molar-refractivity contribution in [2.75, 3.05) is 7.11 Å². The molecule has 0 N–H and O–H groups in total. The van der Waals surface area contributed by atoms with Crippen LogP contribution in [0.1, 0.15) is 50.9 Å². The van der Waals surface area contributed by atoms with Crippen LogP contribution in [0.15, 0.2) is 40.8 Å². The number of fused-ring (bicyclic) bond motifs is 1. The van der Waals surface area contributed by atoms with Gasteiger partial charge in [-0.2, -0.15) is 0 Å². The zero-order valence-electron chi connectivity index (χ0n) is 15.6. The van der Waals surface area contributed by atoms with Gasteiger partial charge >= 0.3 is 11.9 Å². The van der Waals surface area contributed by atoms with Crippen LogP contribution in [0.3, 0.4) is 0 Å². The fourth-order valence-electron chi connectivity index (χ4n) is 3.03. The summed E-state index contributed by atoms with van der Waals surface area (Å²) in [7, 11) is 1.22. The molecule has 0 saturated carbocycles. The smallest absolute Gasteiger partial charge is 0.373 e. The summed E-state index contributed by atoms with van der Waals surface area (Å²) in [4.78, 5) is 50.4. The maximum absolute atomic E-state index is 12.7. The number of furan rings is 1. The topological polar surface area (TPSA) is 103 Å². The van der Waals surface area contributed by atoms with Crippen molar-refractivity contribution in [1.82, 2.24) is 4.90 Å². The van der Waals surface area contributed by atoms with Crippen LogP contribution in [-0.4, -0.2) is 41.8 Å². The van der Waals surface area contributed by atoms with Crippen molar-refractivity contribution >= 4 is 23.8 Å². The maximum atomic E-state index is 12.7. The quantitative estimate of drug-likeness (QED) is 0.556. The Balaban J connectivity index is 1.75. The number of methoxy groups -OCH3 is 1. The van der Waals surface area contributed by atoms with Crippen molar-refractivity contribution in [2.24, 2.45) is 5.92 Å². The molecular weight excluding hydrogens is 366 g/mol. The first-order valence-electron chi connectivity index (χ1n) is 8.65. The lowest BCUT2D eigenvalue weighted by Gasteiger charge is -2.27. The molecule has 2 heterocycles. The summed E-state index contributed by atoms with van der Waals surface area (Å²) in [5.74, 6) is -2.58. The zero-order valence-corrected chi connectivity index (χ0v) is 15.6. The van der Waals surface area contributed by atoms with Crippen LogP contribution in [0.2, 0.25) is 0 Å². The first-order valence-corrected chi connectivity index (χ1v) is 8.65. The molecule has 0 spiro atoms. The molecule has 146 valence electrons. The summed E-state index contributed by atoms with van der Waals surface area (Å²) in [6.45, 7) is 3.19.